The summed E-state index contributed by atoms with van der Waals surface area (Å²) in [6.07, 6.45) is 3.89. The second kappa shape index (κ2) is 6.72. The Bertz CT molecular complexity index is 391. The smallest absolute Gasteiger partial charge is 0.306 e. The molecule has 6 nitrogen and oxygen atoms in total. The maximum absolute atomic E-state index is 12.4. The number of methoxy groups -OCH3 is 1. The lowest BCUT2D eigenvalue weighted by Crippen LogP contribution is -2.47. The van der Waals surface area contributed by atoms with Crippen LogP contribution in [0.5, 0.6) is 0 Å². The van der Waals surface area contributed by atoms with Crippen LogP contribution in [-0.2, 0) is 19.1 Å². The molecule has 0 radical (unpaired) electrons. The van der Waals surface area contributed by atoms with Gasteiger partial charge >= 0.3 is 5.97 Å². The van der Waals surface area contributed by atoms with Crippen molar-refractivity contribution in [2.24, 2.45) is 0 Å². The van der Waals surface area contributed by atoms with Crippen LogP contribution in [-0.4, -0.2) is 60.4 Å². The predicted molar refractivity (Wildman–Crippen MR) is 71.8 cm³/mol. The molecule has 2 amide bonds. The third-order valence-electron chi connectivity index (χ3n) is 4.05. The Morgan fingerprint density at radius 2 is 1.75 bits per heavy atom. The topological polar surface area (TPSA) is 66.9 Å². The van der Waals surface area contributed by atoms with Gasteiger partial charge in [0.1, 0.15) is 6.04 Å². The quantitative estimate of drug-likeness (QED) is 0.706. The van der Waals surface area contributed by atoms with Crippen molar-refractivity contribution in [1.29, 1.82) is 0 Å². The number of hydrogen-bond donors (Lipinski definition) is 0. The summed E-state index contributed by atoms with van der Waals surface area (Å²) in [4.78, 5) is 39.1. The molecule has 1 atom stereocenters. The van der Waals surface area contributed by atoms with Gasteiger partial charge in [-0.2, -0.15) is 0 Å². The first-order valence-electron chi connectivity index (χ1n) is 7.28. The first-order valence-corrected chi connectivity index (χ1v) is 7.28. The molecule has 6 heteroatoms. The number of rotatable bonds is 4. The number of carbonyl (C=O) groups is 3. The summed E-state index contributed by atoms with van der Waals surface area (Å²) in [6.45, 7) is 2.23. The summed E-state index contributed by atoms with van der Waals surface area (Å²) in [5.41, 5.74) is 0. The monoisotopic (exact) mass is 282 g/mol. The zero-order valence-corrected chi connectivity index (χ0v) is 12.0. The third-order valence-corrected chi connectivity index (χ3v) is 4.05. The van der Waals surface area contributed by atoms with Gasteiger partial charge in [-0.3, -0.25) is 14.4 Å². The van der Waals surface area contributed by atoms with Gasteiger partial charge in [0.15, 0.2) is 0 Å². The van der Waals surface area contributed by atoms with Gasteiger partial charge in [0.25, 0.3) is 0 Å². The van der Waals surface area contributed by atoms with E-state index in [1.54, 1.807) is 4.90 Å². The van der Waals surface area contributed by atoms with Gasteiger partial charge < -0.3 is 14.5 Å². The molecule has 2 saturated heterocycles. The number of esters is 1. The number of nitrogens with zero attached hydrogens (tertiary/aromatic N) is 2. The Morgan fingerprint density at radius 3 is 2.40 bits per heavy atom. The summed E-state index contributed by atoms with van der Waals surface area (Å²) < 4.78 is 4.53. The van der Waals surface area contributed by atoms with E-state index in [0.29, 0.717) is 6.54 Å². The third kappa shape index (κ3) is 3.29. The minimum Gasteiger partial charge on any atom is -0.469 e. The highest BCUT2D eigenvalue weighted by Crippen LogP contribution is 2.22. The molecule has 2 heterocycles. The van der Waals surface area contributed by atoms with Gasteiger partial charge in [-0.05, 0) is 25.7 Å². The Labute approximate surface area is 119 Å². The fraction of sp³-hybridized carbons (Fsp3) is 0.786. The SMILES string of the molecule is COC(=O)CCC(=O)N1CCC[C@H]1C(=O)N1CCCC1. The summed E-state index contributed by atoms with van der Waals surface area (Å²) in [5, 5.41) is 0. The normalized spacial score (nSPS) is 22.1. The van der Waals surface area contributed by atoms with Gasteiger partial charge in [0, 0.05) is 26.1 Å². The van der Waals surface area contributed by atoms with Crippen LogP contribution in [0.1, 0.15) is 38.5 Å². The van der Waals surface area contributed by atoms with Crippen LogP contribution in [0.25, 0.3) is 0 Å². The summed E-state index contributed by atoms with van der Waals surface area (Å²) in [6, 6.07) is -0.321. The summed E-state index contributed by atoms with van der Waals surface area (Å²) in [5.74, 6) is -0.433. The Kier molecular flexibility index (Phi) is 4.98. The van der Waals surface area contributed by atoms with Gasteiger partial charge in [-0.15, -0.1) is 0 Å². The molecule has 2 rings (SSSR count). The van der Waals surface area contributed by atoms with Gasteiger partial charge in [-0.1, -0.05) is 0 Å². The minimum atomic E-state index is -0.389. The van der Waals surface area contributed by atoms with E-state index in [1.807, 2.05) is 4.90 Å². The number of amides is 2. The van der Waals surface area contributed by atoms with Crippen molar-refractivity contribution in [2.75, 3.05) is 26.7 Å². The Morgan fingerprint density at radius 1 is 1.05 bits per heavy atom. The molecular weight excluding hydrogens is 260 g/mol. The van der Waals surface area contributed by atoms with Crippen molar-refractivity contribution in [3.63, 3.8) is 0 Å². The lowest BCUT2D eigenvalue weighted by Gasteiger charge is -2.27. The first-order chi connectivity index (χ1) is 9.63. The molecule has 0 spiro atoms. The van der Waals surface area contributed by atoms with Crippen molar-refractivity contribution in [1.82, 2.24) is 9.80 Å². The zero-order valence-electron chi connectivity index (χ0n) is 12.0. The second-order valence-electron chi connectivity index (χ2n) is 5.35. The lowest BCUT2D eigenvalue weighted by atomic mass is 10.2. The Balaban J connectivity index is 1.90. The zero-order chi connectivity index (χ0) is 14.5. The molecule has 0 saturated carbocycles. The lowest BCUT2D eigenvalue weighted by molar-refractivity contribution is -0.146. The highest BCUT2D eigenvalue weighted by atomic mass is 16.5. The van der Waals surface area contributed by atoms with Crippen LogP contribution < -0.4 is 0 Å². The molecule has 0 aromatic carbocycles. The van der Waals surface area contributed by atoms with Crippen LogP contribution >= 0.6 is 0 Å². The standard InChI is InChI=1S/C14H22N2O4/c1-20-13(18)7-6-12(17)16-10-4-5-11(16)14(19)15-8-2-3-9-15/h11H,2-10H2,1H3/t11-/m0/s1. The molecule has 0 unspecified atom stereocenters. The van der Waals surface area contributed by atoms with E-state index in [2.05, 4.69) is 4.74 Å². The average Bonchev–Trinajstić information content (AvgIpc) is 3.13. The highest BCUT2D eigenvalue weighted by Gasteiger charge is 2.36. The molecule has 2 aliphatic rings. The number of carbonyl (C=O) groups excluding carboxylic acids is 3. The van der Waals surface area contributed by atoms with Crippen LogP contribution in [0.2, 0.25) is 0 Å². The largest absolute Gasteiger partial charge is 0.469 e. The van der Waals surface area contributed by atoms with Crippen molar-refractivity contribution in [3.05, 3.63) is 0 Å². The van der Waals surface area contributed by atoms with E-state index in [-0.39, 0.29) is 36.7 Å². The first kappa shape index (κ1) is 14.8. The fourth-order valence-electron chi connectivity index (χ4n) is 2.92. The van der Waals surface area contributed by atoms with E-state index in [9.17, 15) is 14.4 Å². The number of likely N-dealkylation sites (tertiary alicyclic amines) is 2. The van der Waals surface area contributed by atoms with E-state index in [1.165, 1.54) is 7.11 Å². The number of hydrogen-bond acceptors (Lipinski definition) is 4. The van der Waals surface area contributed by atoms with Crippen LogP contribution in [0.4, 0.5) is 0 Å². The van der Waals surface area contributed by atoms with E-state index in [4.69, 9.17) is 0 Å². The van der Waals surface area contributed by atoms with Crippen molar-refractivity contribution in [2.45, 2.75) is 44.6 Å². The molecule has 0 bridgehead atoms. The summed E-state index contributed by atoms with van der Waals surface area (Å²) in [7, 11) is 1.31. The minimum absolute atomic E-state index is 0.0754. The Hall–Kier alpha value is -1.59. The fourth-order valence-corrected chi connectivity index (χ4v) is 2.92. The van der Waals surface area contributed by atoms with Crippen molar-refractivity contribution >= 4 is 17.8 Å². The molecule has 2 fully saturated rings. The molecule has 20 heavy (non-hydrogen) atoms. The predicted octanol–water partition coefficient (Wildman–Crippen LogP) is 0.553. The average molecular weight is 282 g/mol. The van der Waals surface area contributed by atoms with Crippen LogP contribution in [0.3, 0.4) is 0 Å². The van der Waals surface area contributed by atoms with E-state index < -0.39 is 0 Å². The van der Waals surface area contributed by atoms with Crippen LogP contribution in [0.15, 0.2) is 0 Å². The molecule has 0 aromatic rings. The number of ether oxygens (including phenoxy) is 1. The molecule has 112 valence electrons. The van der Waals surface area contributed by atoms with E-state index in [0.717, 1.165) is 38.8 Å². The van der Waals surface area contributed by atoms with Gasteiger partial charge in [-0.25, -0.2) is 0 Å². The molecule has 0 N–H and O–H groups in total. The molecule has 0 aliphatic carbocycles. The molecule has 0 aromatic heterocycles. The maximum atomic E-state index is 12.4. The van der Waals surface area contributed by atoms with E-state index >= 15 is 0 Å². The highest BCUT2D eigenvalue weighted by molar-refractivity contribution is 5.89. The summed E-state index contributed by atoms with van der Waals surface area (Å²) >= 11 is 0. The molecular formula is C14H22N2O4. The maximum Gasteiger partial charge on any atom is 0.306 e. The molecule has 2 aliphatic heterocycles. The van der Waals surface area contributed by atoms with Crippen molar-refractivity contribution in [3.8, 4) is 0 Å². The van der Waals surface area contributed by atoms with Crippen LogP contribution in [0, 0.1) is 0 Å². The van der Waals surface area contributed by atoms with Crippen molar-refractivity contribution < 1.29 is 19.1 Å². The van der Waals surface area contributed by atoms with Gasteiger partial charge in [0.2, 0.25) is 11.8 Å². The second-order valence-corrected chi connectivity index (χ2v) is 5.35. The van der Waals surface area contributed by atoms with Gasteiger partial charge in [0.05, 0.1) is 13.5 Å².